The van der Waals surface area contributed by atoms with Crippen LogP contribution in [-0.4, -0.2) is 70.7 Å². The number of esters is 1. The molecule has 0 heterocycles. The van der Waals surface area contributed by atoms with Gasteiger partial charge in [-0.2, -0.15) is 0 Å². The third-order valence-corrected chi connectivity index (χ3v) is 10.5. The van der Waals surface area contributed by atoms with Crippen molar-refractivity contribution >= 4 is 13.8 Å². The minimum Gasteiger partial charge on any atom is -0.756 e. The summed E-state index contributed by atoms with van der Waals surface area (Å²) >= 11 is 0. The van der Waals surface area contributed by atoms with Gasteiger partial charge in [-0.1, -0.05) is 174 Å². The van der Waals surface area contributed by atoms with Crippen LogP contribution in [0.5, 0.6) is 0 Å². The van der Waals surface area contributed by atoms with Crippen molar-refractivity contribution in [1.29, 1.82) is 0 Å². The van der Waals surface area contributed by atoms with Crippen LogP contribution in [0, 0.1) is 0 Å². The average molecular weight is 896 g/mol. The van der Waals surface area contributed by atoms with Crippen LogP contribution in [0.3, 0.4) is 0 Å². The molecule has 0 aromatic carbocycles. The second-order valence-electron chi connectivity index (χ2n) is 16.7. The van der Waals surface area contributed by atoms with E-state index < -0.39 is 13.9 Å². The monoisotopic (exact) mass is 896 g/mol. The van der Waals surface area contributed by atoms with Crippen LogP contribution in [0.15, 0.2) is 122 Å². The number of ether oxygens (including phenoxy) is 2. The predicted molar refractivity (Wildman–Crippen MR) is 267 cm³/mol. The summed E-state index contributed by atoms with van der Waals surface area (Å²) in [4.78, 5) is 25.1. The van der Waals surface area contributed by atoms with Gasteiger partial charge in [-0.15, -0.1) is 0 Å². The summed E-state index contributed by atoms with van der Waals surface area (Å²) in [6.45, 7) is 4.98. The Bertz CT molecular complexity index is 1410. The standard InChI is InChI=1S/C54H90NO7P/c1-6-8-10-12-14-16-18-20-22-24-26-28-29-31-33-35-37-39-41-43-45-47-54(56)62-53(52-61-63(57,58)60-50-48-55(3,4)5)51-59-49-46-44-42-40-38-36-34-32-30-27-25-23-21-19-17-15-13-11-9-7-2/h8-11,14-17,20-23,26-28,30,34,36,40,42,53H,6-7,12-13,18-19,24-25,29,31-33,35,37-39,41,43-52H2,1-5H3/b10-8-,11-9-,16-14-,17-15-,22-20-,23-21-,28-26-,30-27-,36-34-,42-40-. The van der Waals surface area contributed by atoms with E-state index in [-0.39, 0.29) is 32.2 Å². The molecule has 0 rings (SSSR count). The first-order valence-corrected chi connectivity index (χ1v) is 25.7. The van der Waals surface area contributed by atoms with E-state index in [2.05, 4.69) is 135 Å². The Morgan fingerprint density at radius 1 is 0.492 bits per heavy atom. The largest absolute Gasteiger partial charge is 0.756 e. The lowest BCUT2D eigenvalue weighted by Crippen LogP contribution is -2.37. The Morgan fingerprint density at radius 2 is 0.873 bits per heavy atom. The van der Waals surface area contributed by atoms with Gasteiger partial charge in [0.25, 0.3) is 7.82 Å². The van der Waals surface area contributed by atoms with Gasteiger partial charge >= 0.3 is 5.97 Å². The molecule has 9 heteroatoms. The lowest BCUT2D eigenvalue weighted by molar-refractivity contribution is -0.870. The maximum atomic E-state index is 12.7. The predicted octanol–water partition coefficient (Wildman–Crippen LogP) is 14.3. The van der Waals surface area contributed by atoms with Crippen molar-refractivity contribution in [1.82, 2.24) is 0 Å². The highest BCUT2D eigenvalue weighted by molar-refractivity contribution is 7.45. The molecular weight excluding hydrogens is 806 g/mol. The van der Waals surface area contributed by atoms with Crippen molar-refractivity contribution in [3.8, 4) is 0 Å². The Kier molecular flexibility index (Phi) is 43.2. The third-order valence-electron chi connectivity index (χ3n) is 9.51. The zero-order valence-electron chi connectivity index (χ0n) is 40.5. The van der Waals surface area contributed by atoms with E-state index in [0.717, 1.165) is 109 Å². The molecule has 8 nitrogen and oxygen atoms in total. The SMILES string of the molecule is CC/C=C\C/C=C\C/C=C\C/C=C\C/C=C\C/C=C\CCCOCC(COP(=O)([O-])OCC[N+](C)(C)C)OC(=O)CCCCCCCCCC/C=C\C/C=C\C/C=C\C/C=C\CC. The molecule has 0 N–H and O–H groups in total. The van der Waals surface area contributed by atoms with E-state index in [9.17, 15) is 14.3 Å². The van der Waals surface area contributed by atoms with E-state index in [4.69, 9.17) is 18.5 Å². The van der Waals surface area contributed by atoms with E-state index in [1.807, 2.05) is 21.1 Å². The molecule has 0 amide bonds. The van der Waals surface area contributed by atoms with Crippen LogP contribution in [0.4, 0.5) is 0 Å². The van der Waals surface area contributed by atoms with E-state index in [1.54, 1.807) is 0 Å². The molecule has 63 heavy (non-hydrogen) atoms. The fourth-order valence-electron chi connectivity index (χ4n) is 5.85. The first kappa shape index (κ1) is 59.9. The number of hydrogen-bond acceptors (Lipinski definition) is 7. The number of hydrogen-bond donors (Lipinski definition) is 0. The first-order chi connectivity index (χ1) is 30.6. The minimum absolute atomic E-state index is 0.00581. The maximum Gasteiger partial charge on any atom is 0.306 e. The number of nitrogens with zero attached hydrogens (tertiary/aromatic N) is 1. The number of likely N-dealkylation sites (N-methyl/N-ethyl adjacent to an activating group) is 1. The van der Waals surface area contributed by atoms with Gasteiger partial charge in [0.05, 0.1) is 34.4 Å². The zero-order chi connectivity index (χ0) is 46.2. The number of unbranched alkanes of at least 4 members (excludes halogenated alkanes) is 9. The second-order valence-corrected chi connectivity index (χ2v) is 18.1. The Labute approximate surface area is 386 Å². The third kappa shape index (κ3) is 49.8. The molecule has 0 aliphatic heterocycles. The van der Waals surface area contributed by atoms with Gasteiger partial charge in [-0.25, -0.2) is 0 Å². The zero-order valence-corrected chi connectivity index (χ0v) is 41.4. The van der Waals surface area contributed by atoms with Crippen molar-refractivity contribution < 1.29 is 37.3 Å². The van der Waals surface area contributed by atoms with Crippen LogP contribution in [-0.2, 0) is 27.9 Å². The van der Waals surface area contributed by atoms with E-state index in [0.29, 0.717) is 17.6 Å². The Balaban J connectivity index is 4.33. The first-order valence-electron chi connectivity index (χ1n) is 24.3. The molecule has 0 aliphatic carbocycles. The van der Waals surface area contributed by atoms with Crippen molar-refractivity contribution in [2.75, 3.05) is 54.1 Å². The number of carbonyl (C=O) groups is 1. The van der Waals surface area contributed by atoms with Gasteiger partial charge in [0.1, 0.15) is 19.3 Å². The molecule has 0 bridgehead atoms. The molecule has 2 atom stereocenters. The molecule has 0 aromatic heterocycles. The number of allylic oxidation sites excluding steroid dienone is 20. The van der Waals surface area contributed by atoms with E-state index in [1.165, 1.54) is 25.7 Å². The average Bonchev–Trinajstić information content (AvgIpc) is 3.24. The lowest BCUT2D eigenvalue weighted by Gasteiger charge is -2.28. The van der Waals surface area contributed by atoms with E-state index >= 15 is 0 Å². The Hall–Kier alpha value is -3.10. The molecule has 0 saturated carbocycles. The molecule has 358 valence electrons. The molecular formula is C54H90NO7P. The summed E-state index contributed by atoms with van der Waals surface area (Å²) in [7, 11) is 1.29. The molecule has 0 saturated heterocycles. The van der Waals surface area contributed by atoms with Gasteiger partial charge in [0, 0.05) is 13.0 Å². The normalized spacial score (nSPS) is 14.7. The summed E-state index contributed by atoms with van der Waals surface area (Å²) in [6.07, 6.45) is 65.2. The smallest absolute Gasteiger partial charge is 0.306 e. The van der Waals surface area contributed by atoms with Crippen LogP contribution in [0.2, 0.25) is 0 Å². The molecule has 0 fully saturated rings. The Morgan fingerprint density at radius 3 is 1.30 bits per heavy atom. The summed E-state index contributed by atoms with van der Waals surface area (Å²) in [5, 5.41) is 0. The van der Waals surface area contributed by atoms with Gasteiger partial charge < -0.3 is 27.9 Å². The van der Waals surface area contributed by atoms with Crippen molar-refractivity contribution in [2.24, 2.45) is 0 Å². The highest BCUT2D eigenvalue weighted by Gasteiger charge is 2.20. The van der Waals surface area contributed by atoms with Gasteiger partial charge in [-0.05, 0) is 96.3 Å². The number of carbonyl (C=O) groups excluding carboxylic acids is 1. The molecule has 0 spiro atoms. The van der Waals surface area contributed by atoms with Crippen molar-refractivity contribution in [3.63, 3.8) is 0 Å². The number of quaternary nitrogens is 1. The molecule has 0 aliphatic rings. The fourth-order valence-corrected chi connectivity index (χ4v) is 6.58. The summed E-state index contributed by atoms with van der Waals surface area (Å²) in [6, 6.07) is 0. The minimum atomic E-state index is -4.56. The quantitative estimate of drug-likeness (QED) is 0.0198. The summed E-state index contributed by atoms with van der Waals surface area (Å²) < 4.78 is 34.6. The number of phosphoric acid groups is 1. The van der Waals surface area contributed by atoms with Gasteiger partial charge in [0.2, 0.25) is 0 Å². The van der Waals surface area contributed by atoms with Crippen molar-refractivity contribution in [2.45, 2.75) is 161 Å². The lowest BCUT2D eigenvalue weighted by atomic mass is 10.1. The van der Waals surface area contributed by atoms with Gasteiger partial charge in [0.15, 0.2) is 0 Å². The molecule has 2 unspecified atom stereocenters. The highest BCUT2D eigenvalue weighted by atomic mass is 31.2. The molecule has 0 aromatic rings. The fraction of sp³-hybridized carbons (Fsp3) is 0.611. The van der Waals surface area contributed by atoms with Crippen LogP contribution in [0.25, 0.3) is 0 Å². The number of rotatable bonds is 43. The van der Waals surface area contributed by atoms with Crippen LogP contribution >= 0.6 is 7.82 Å². The van der Waals surface area contributed by atoms with Crippen molar-refractivity contribution in [3.05, 3.63) is 122 Å². The number of phosphoric ester groups is 1. The van der Waals surface area contributed by atoms with Crippen LogP contribution < -0.4 is 4.89 Å². The van der Waals surface area contributed by atoms with Gasteiger partial charge in [-0.3, -0.25) is 9.36 Å². The topological polar surface area (TPSA) is 94.1 Å². The molecule has 0 radical (unpaired) electrons. The second kappa shape index (κ2) is 45.5. The maximum absolute atomic E-state index is 12.7. The van der Waals surface area contributed by atoms with Crippen LogP contribution in [0.1, 0.15) is 155 Å². The summed E-state index contributed by atoms with van der Waals surface area (Å²) in [5.74, 6) is -0.368. The highest BCUT2D eigenvalue weighted by Crippen LogP contribution is 2.38. The summed E-state index contributed by atoms with van der Waals surface area (Å²) in [5.41, 5.74) is 0.